The number of hydrogen-bond acceptors (Lipinski definition) is 8. The highest BCUT2D eigenvalue weighted by Gasteiger charge is 2.32. The van der Waals surface area contributed by atoms with Crippen LogP contribution in [0.3, 0.4) is 0 Å². The first-order valence-electron chi connectivity index (χ1n) is 8.50. The molecule has 0 amide bonds. The summed E-state index contributed by atoms with van der Waals surface area (Å²) in [5.74, 6) is -1.93. The van der Waals surface area contributed by atoms with Gasteiger partial charge in [-0.2, -0.15) is 0 Å². The van der Waals surface area contributed by atoms with Crippen molar-refractivity contribution in [2.24, 2.45) is 0 Å². The molecule has 8 heteroatoms. The van der Waals surface area contributed by atoms with Gasteiger partial charge in [0, 0.05) is 5.57 Å². The van der Waals surface area contributed by atoms with Crippen LogP contribution in [0.15, 0.2) is 70.9 Å². The van der Waals surface area contributed by atoms with Crippen molar-refractivity contribution in [1.29, 1.82) is 0 Å². The van der Waals surface area contributed by atoms with Crippen LogP contribution in [0.2, 0.25) is 0 Å². The fourth-order valence-electron chi connectivity index (χ4n) is 2.44. The zero-order valence-corrected chi connectivity index (χ0v) is 16.0. The summed E-state index contributed by atoms with van der Waals surface area (Å²) in [5.41, 5.74) is -1.57. The topological polar surface area (TPSA) is 127 Å². The molecule has 0 aromatic heterocycles. The Hall–Kier alpha value is -3.36. The lowest BCUT2D eigenvalue weighted by Gasteiger charge is -2.11. The van der Waals surface area contributed by atoms with Crippen LogP contribution in [-0.2, 0) is 28.7 Å². The molecule has 0 bridgehead atoms. The second-order valence-electron chi connectivity index (χ2n) is 6.77. The van der Waals surface area contributed by atoms with Gasteiger partial charge in [0.05, 0.1) is 35.0 Å². The van der Waals surface area contributed by atoms with E-state index < -0.39 is 29.1 Å². The number of hydrogen-bond donors (Lipinski definition) is 2. The van der Waals surface area contributed by atoms with Gasteiger partial charge in [0.15, 0.2) is 6.29 Å². The molecular formula is C21H20O8. The molecule has 0 radical (unpaired) electrons. The molecule has 1 unspecified atom stereocenters. The summed E-state index contributed by atoms with van der Waals surface area (Å²) in [6, 6.07) is 0. The largest absolute Gasteiger partial charge is 0.465 e. The molecule has 0 aromatic carbocycles. The number of carbonyl (C=O) groups is 4. The van der Waals surface area contributed by atoms with E-state index in [1.54, 1.807) is 13.8 Å². The third kappa shape index (κ3) is 5.34. The Morgan fingerprint density at radius 3 is 1.83 bits per heavy atom. The van der Waals surface area contributed by atoms with Crippen molar-refractivity contribution in [3.8, 4) is 0 Å². The summed E-state index contributed by atoms with van der Waals surface area (Å²) in [6.45, 7) is 3.10. The molecule has 152 valence electrons. The zero-order chi connectivity index (χ0) is 21.8. The predicted molar refractivity (Wildman–Crippen MR) is 101 cm³/mol. The summed E-state index contributed by atoms with van der Waals surface area (Å²) in [7, 11) is 1.23. The molecule has 0 aromatic rings. The normalized spacial score (nSPS) is 24.3. The monoisotopic (exact) mass is 400 g/mol. The van der Waals surface area contributed by atoms with Gasteiger partial charge < -0.3 is 19.7 Å². The fraction of sp³-hybridized carbons (Fsp3) is 0.238. The van der Waals surface area contributed by atoms with Crippen LogP contribution in [0.4, 0.5) is 0 Å². The Balaban J connectivity index is 0.000000207. The highest BCUT2D eigenvalue weighted by Crippen LogP contribution is 2.25. The van der Waals surface area contributed by atoms with Crippen LogP contribution in [0.1, 0.15) is 13.8 Å². The van der Waals surface area contributed by atoms with Crippen molar-refractivity contribution in [2.45, 2.75) is 25.0 Å². The van der Waals surface area contributed by atoms with E-state index in [4.69, 9.17) is 0 Å². The number of ether oxygens (including phenoxy) is 2. The molecule has 0 saturated carbocycles. The van der Waals surface area contributed by atoms with Crippen LogP contribution >= 0.6 is 0 Å². The minimum absolute atomic E-state index is 0.140. The standard InChI is InChI=1S/C11H12O4.C10H8O4/c1-11(14)5-3-8(7-12)9(4-6-11)10(13)15-2;1-10(13)4-2-6-7(3-5-10)9(12)14-8(6)11/h3-7,14H,1-2H3;2-5,13H,1H3. The Bertz CT molecular complexity index is 900. The molecule has 2 aliphatic carbocycles. The molecule has 1 aliphatic heterocycles. The van der Waals surface area contributed by atoms with Crippen molar-refractivity contribution < 1.29 is 38.9 Å². The van der Waals surface area contributed by atoms with Crippen LogP contribution in [0.25, 0.3) is 0 Å². The van der Waals surface area contributed by atoms with Gasteiger partial charge in [-0.3, -0.25) is 4.79 Å². The van der Waals surface area contributed by atoms with E-state index in [-0.39, 0.29) is 22.3 Å². The summed E-state index contributed by atoms with van der Waals surface area (Å²) < 4.78 is 8.92. The lowest BCUT2D eigenvalue weighted by molar-refractivity contribution is -0.150. The van der Waals surface area contributed by atoms with Gasteiger partial charge in [0.2, 0.25) is 0 Å². The molecular weight excluding hydrogens is 380 g/mol. The van der Waals surface area contributed by atoms with Crippen LogP contribution in [0, 0.1) is 0 Å². The maximum Gasteiger partial charge on any atom is 0.346 e. The smallest absolute Gasteiger partial charge is 0.346 e. The molecule has 0 saturated heterocycles. The van der Waals surface area contributed by atoms with Crippen LogP contribution < -0.4 is 0 Å². The zero-order valence-electron chi connectivity index (χ0n) is 16.0. The van der Waals surface area contributed by atoms with Crippen molar-refractivity contribution in [2.75, 3.05) is 7.11 Å². The van der Waals surface area contributed by atoms with Gasteiger partial charge in [0.1, 0.15) is 0 Å². The number of rotatable bonds is 2. The number of aliphatic hydroxyl groups is 2. The van der Waals surface area contributed by atoms with Gasteiger partial charge in [-0.25, -0.2) is 14.4 Å². The number of cyclic esters (lactones) is 2. The lowest BCUT2D eigenvalue weighted by Crippen LogP contribution is -2.16. The average molecular weight is 400 g/mol. The minimum atomic E-state index is -1.16. The predicted octanol–water partition coefficient (Wildman–Crippen LogP) is 0.775. The molecule has 29 heavy (non-hydrogen) atoms. The number of methoxy groups -OCH3 is 1. The van der Waals surface area contributed by atoms with Gasteiger partial charge in [0.25, 0.3) is 0 Å². The number of carbonyl (C=O) groups excluding carboxylic acids is 4. The van der Waals surface area contributed by atoms with Crippen molar-refractivity contribution in [1.82, 2.24) is 0 Å². The van der Waals surface area contributed by atoms with E-state index in [0.717, 1.165) is 0 Å². The Kier molecular flexibility index (Phi) is 6.31. The van der Waals surface area contributed by atoms with E-state index in [2.05, 4.69) is 9.47 Å². The quantitative estimate of drug-likeness (QED) is 0.395. The second-order valence-corrected chi connectivity index (χ2v) is 6.77. The summed E-state index contributed by atoms with van der Waals surface area (Å²) in [5, 5.41) is 19.3. The van der Waals surface area contributed by atoms with E-state index in [9.17, 15) is 29.4 Å². The molecule has 3 rings (SSSR count). The van der Waals surface area contributed by atoms with Gasteiger partial charge >= 0.3 is 17.9 Å². The molecule has 0 fully saturated rings. The summed E-state index contributed by atoms with van der Waals surface area (Å²) >= 11 is 0. The first-order chi connectivity index (χ1) is 13.5. The van der Waals surface area contributed by atoms with E-state index in [1.807, 2.05) is 0 Å². The Morgan fingerprint density at radius 2 is 1.38 bits per heavy atom. The van der Waals surface area contributed by atoms with Crippen molar-refractivity contribution in [3.63, 3.8) is 0 Å². The van der Waals surface area contributed by atoms with Gasteiger partial charge in [-0.1, -0.05) is 6.08 Å². The Morgan fingerprint density at radius 1 is 0.931 bits per heavy atom. The highest BCUT2D eigenvalue weighted by atomic mass is 16.6. The fourth-order valence-corrected chi connectivity index (χ4v) is 2.44. The molecule has 0 spiro atoms. The van der Waals surface area contributed by atoms with Gasteiger partial charge in [-0.05, 0) is 56.4 Å². The minimum Gasteiger partial charge on any atom is -0.465 e. The summed E-state index contributed by atoms with van der Waals surface area (Å²) in [4.78, 5) is 44.2. The molecule has 2 N–H and O–H groups in total. The van der Waals surface area contributed by atoms with E-state index in [1.165, 1.54) is 55.7 Å². The first kappa shape index (κ1) is 21.9. The third-order valence-corrected chi connectivity index (χ3v) is 4.12. The number of esters is 3. The first-order valence-corrected chi connectivity index (χ1v) is 8.50. The molecule has 3 aliphatic rings. The molecule has 1 heterocycles. The van der Waals surface area contributed by atoms with Crippen molar-refractivity contribution in [3.05, 3.63) is 70.9 Å². The van der Waals surface area contributed by atoms with Crippen molar-refractivity contribution >= 4 is 24.2 Å². The molecule has 8 nitrogen and oxygen atoms in total. The number of aldehydes is 1. The highest BCUT2D eigenvalue weighted by molar-refractivity contribution is 6.15. The Labute approximate surface area is 166 Å². The number of allylic oxidation sites excluding steroid dienone is 2. The van der Waals surface area contributed by atoms with E-state index in [0.29, 0.717) is 6.29 Å². The van der Waals surface area contributed by atoms with Crippen LogP contribution in [0.5, 0.6) is 0 Å². The summed E-state index contributed by atoms with van der Waals surface area (Å²) in [6.07, 6.45) is 11.9. The van der Waals surface area contributed by atoms with Crippen LogP contribution in [-0.4, -0.2) is 52.7 Å². The SMILES string of the molecule is CC1(O)C=CC2=C(C=C1)C(=O)OC2=O.COC(=O)C1=C(C=O)C=CC(C)(O)C=C1. The average Bonchev–Trinajstić information content (AvgIpc) is 2.78. The van der Waals surface area contributed by atoms with Gasteiger partial charge in [-0.15, -0.1) is 0 Å². The molecule has 1 atom stereocenters. The second kappa shape index (κ2) is 8.34. The third-order valence-electron chi connectivity index (χ3n) is 4.12. The maximum absolute atomic E-state index is 11.3. The van der Waals surface area contributed by atoms with E-state index >= 15 is 0 Å². The lowest BCUT2D eigenvalue weighted by atomic mass is 10.1. The maximum atomic E-state index is 11.3.